The Morgan fingerprint density at radius 2 is 1.96 bits per heavy atom. The molecule has 5 nitrogen and oxygen atoms in total. The maximum atomic E-state index is 11.3. The van der Waals surface area contributed by atoms with Gasteiger partial charge in [-0.2, -0.15) is 5.26 Å². The number of hydrogen-bond acceptors (Lipinski definition) is 4. The van der Waals surface area contributed by atoms with Gasteiger partial charge >= 0.3 is 5.97 Å². The molecule has 0 amide bonds. The summed E-state index contributed by atoms with van der Waals surface area (Å²) in [7, 11) is 0. The van der Waals surface area contributed by atoms with E-state index in [1.165, 1.54) is 0 Å². The highest BCUT2D eigenvalue weighted by Gasteiger charge is 2.21. The van der Waals surface area contributed by atoms with Crippen LogP contribution in [0.25, 0.3) is 0 Å². The summed E-state index contributed by atoms with van der Waals surface area (Å²) < 4.78 is 0. The van der Waals surface area contributed by atoms with Crippen LogP contribution in [0.1, 0.15) is 34.3 Å². The van der Waals surface area contributed by atoms with Crippen LogP contribution in [0, 0.1) is 18.3 Å². The van der Waals surface area contributed by atoms with Crippen LogP contribution in [-0.4, -0.2) is 30.2 Å². The van der Waals surface area contributed by atoms with Gasteiger partial charge in [0.05, 0.1) is 16.8 Å². The van der Waals surface area contributed by atoms with Gasteiger partial charge in [0.25, 0.3) is 0 Å². The van der Waals surface area contributed by atoms with Crippen molar-refractivity contribution in [2.24, 2.45) is 0 Å². The van der Waals surface area contributed by atoms with Crippen LogP contribution >= 0.6 is 0 Å². The first-order valence-corrected chi connectivity index (χ1v) is 8.43. The number of aryl methyl sites for hydroxylation is 1. The number of para-hydroxylation sites is 1. The first-order chi connectivity index (χ1) is 12.1. The second-order valence-electron chi connectivity index (χ2n) is 6.37. The molecule has 0 spiro atoms. The second kappa shape index (κ2) is 7.27. The fourth-order valence-corrected chi connectivity index (χ4v) is 3.29. The van der Waals surface area contributed by atoms with Crippen LogP contribution < -0.4 is 10.2 Å². The van der Waals surface area contributed by atoms with Crippen LogP contribution in [0.15, 0.2) is 42.5 Å². The van der Waals surface area contributed by atoms with E-state index in [1.807, 2.05) is 36.4 Å². The van der Waals surface area contributed by atoms with Gasteiger partial charge in [0.15, 0.2) is 0 Å². The van der Waals surface area contributed by atoms with E-state index in [2.05, 4.69) is 16.3 Å². The zero-order valence-corrected chi connectivity index (χ0v) is 14.2. The molecule has 128 valence electrons. The zero-order chi connectivity index (χ0) is 17.8. The Balaban J connectivity index is 1.64. The molecule has 0 aromatic heterocycles. The Morgan fingerprint density at radius 3 is 2.64 bits per heavy atom. The minimum absolute atomic E-state index is 0.301. The summed E-state index contributed by atoms with van der Waals surface area (Å²) in [5.41, 5.74) is 3.65. The molecule has 0 aliphatic carbocycles. The van der Waals surface area contributed by atoms with Crippen molar-refractivity contribution in [3.63, 3.8) is 0 Å². The summed E-state index contributed by atoms with van der Waals surface area (Å²) in [5, 5.41) is 21.9. The fourth-order valence-electron chi connectivity index (χ4n) is 3.29. The van der Waals surface area contributed by atoms with E-state index in [1.54, 1.807) is 13.0 Å². The van der Waals surface area contributed by atoms with Crippen molar-refractivity contribution >= 4 is 17.3 Å². The van der Waals surface area contributed by atoms with E-state index in [0.29, 0.717) is 17.2 Å². The lowest BCUT2D eigenvalue weighted by Gasteiger charge is -2.34. The lowest BCUT2D eigenvalue weighted by Crippen LogP contribution is -2.39. The maximum Gasteiger partial charge on any atom is 0.336 e. The molecule has 0 unspecified atom stereocenters. The number of carbonyl (C=O) groups is 1. The Labute approximate surface area is 147 Å². The Bertz CT molecular complexity index is 818. The molecule has 2 aromatic rings. The van der Waals surface area contributed by atoms with Gasteiger partial charge in [0.2, 0.25) is 0 Å². The summed E-state index contributed by atoms with van der Waals surface area (Å²) in [6.07, 6.45) is 1.88. The van der Waals surface area contributed by atoms with Gasteiger partial charge in [-0.05, 0) is 49.6 Å². The number of hydrogen-bond donors (Lipinski definition) is 2. The third kappa shape index (κ3) is 3.74. The van der Waals surface area contributed by atoms with Crippen LogP contribution in [0.5, 0.6) is 0 Å². The number of piperidine rings is 1. The molecule has 1 aliphatic rings. The minimum Gasteiger partial charge on any atom is -0.478 e. The normalized spacial score (nSPS) is 14.8. The topological polar surface area (TPSA) is 76.4 Å². The largest absolute Gasteiger partial charge is 0.478 e. The number of benzene rings is 2. The zero-order valence-electron chi connectivity index (χ0n) is 14.2. The summed E-state index contributed by atoms with van der Waals surface area (Å²) in [5.74, 6) is -0.899. The van der Waals surface area contributed by atoms with Crippen LogP contribution in [0.4, 0.5) is 11.4 Å². The van der Waals surface area contributed by atoms with Gasteiger partial charge < -0.3 is 15.3 Å². The van der Waals surface area contributed by atoms with Crippen molar-refractivity contribution in [1.82, 2.24) is 0 Å². The van der Waals surface area contributed by atoms with E-state index in [9.17, 15) is 15.2 Å². The average Bonchev–Trinajstić information content (AvgIpc) is 2.63. The van der Waals surface area contributed by atoms with Crippen LogP contribution in [-0.2, 0) is 0 Å². The number of carboxylic acids is 1. The van der Waals surface area contributed by atoms with E-state index >= 15 is 0 Å². The number of anilines is 2. The predicted molar refractivity (Wildman–Crippen MR) is 98.2 cm³/mol. The van der Waals surface area contributed by atoms with Gasteiger partial charge in [-0.25, -0.2) is 4.79 Å². The minimum atomic E-state index is -0.899. The molecular weight excluding hydrogens is 314 g/mol. The summed E-state index contributed by atoms with van der Waals surface area (Å²) in [6.45, 7) is 3.54. The number of nitrogens with one attached hydrogen (secondary N) is 1. The van der Waals surface area contributed by atoms with Gasteiger partial charge in [-0.15, -0.1) is 0 Å². The van der Waals surface area contributed by atoms with Crippen molar-refractivity contribution in [3.05, 3.63) is 59.2 Å². The SMILES string of the molecule is Cc1ccc(NC2CCN(c3ccccc3C#N)CC2)cc1C(=O)O. The number of carboxylic acid groups (broad SMARTS) is 1. The van der Waals surface area contributed by atoms with E-state index in [-0.39, 0.29) is 0 Å². The lowest BCUT2D eigenvalue weighted by atomic mass is 10.0. The quantitative estimate of drug-likeness (QED) is 0.892. The first kappa shape index (κ1) is 16.8. The molecule has 2 aromatic carbocycles. The first-order valence-electron chi connectivity index (χ1n) is 8.43. The molecule has 1 fully saturated rings. The smallest absolute Gasteiger partial charge is 0.336 e. The number of nitriles is 1. The highest BCUT2D eigenvalue weighted by Crippen LogP contribution is 2.25. The predicted octanol–water partition coefficient (Wildman–Crippen LogP) is 3.65. The van der Waals surface area contributed by atoms with Crippen molar-refractivity contribution in [1.29, 1.82) is 5.26 Å². The van der Waals surface area contributed by atoms with E-state index < -0.39 is 5.97 Å². The molecule has 25 heavy (non-hydrogen) atoms. The van der Waals surface area contributed by atoms with Gasteiger partial charge in [-0.1, -0.05) is 18.2 Å². The number of rotatable bonds is 4. The van der Waals surface area contributed by atoms with Crippen molar-refractivity contribution in [3.8, 4) is 6.07 Å². The fraction of sp³-hybridized carbons (Fsp3) is 0.300. The molecule has 2 N–H and O–H groups in total. The summed E-state index contributed by atoms with van der Waals surface area (Å²) >= 11 is 0. The second-order valence-corrected chi connectivity index (χ2v) is 6.37. The summed E-state index contributed by atoms with van der Waals surface area (Å²) in [6, 6.07) is 15.7. The molecule has 1 aliphatic heterocycles. The third-order valence-corrected chi connectivity index (χ3v) is 4.70. The number of nitrogens with zero attached hydrogens (tertiary/aromatic N) is 2. The van der Waals surface area contributed by atoms with Crippen molar-refractivity contribution in [2.75, 3.05) is 23.3 Å². The average molecular weight is 335 g/mol. The van der Waals surface area contributed by atoms with Crippen LogP contribution in [0.3, 0.4) is 0 Å². The molecule has 0 radical (unpaired) electrons. The Kier molecular flexibility index (Phi) is 4.90. The molecule has 0 saturated carbocycles. The van der Waals surface area contributed by atoms with Gasteiger partial charge in [0, 0.05) is 24.8 Å². The number of aromatic carboxylic acids is 1. The molecule has 3 rings (SSSR count). The Hall–Kier alpha value is -3.00. The maximum absolute atomic E-state index is 11.3. The Morgan fingerprint density at radius 1 is 1.24 bits per heavy atom. The molecule has 1 saturated heterocycles. The van der Waals surface area contributed by atoms with E-state index in [4.69, 9.17) is 0 Å². The highest BCUT2D eigenvalue weighted by atomic mass is 16.4. The molecule has 0 atom stereocenters. The van der Waals surface area contributed by atoms with Gasteiger partial charge in [-0.3, -0.25) is 0 Å². The summed E-state index contributed by atoms with van der Waals surface area (Å²) in [4.78, 5) is 13.5. The van der Waals surface area contributed by atoms with Crippen LogP contribution in [0.2, 0.25) is 0 Å². The monoisotopic (exact) mass is 335 g/mol. The molecular formula is C20H21N3O2. The third-order valence-electron chi connectivity index (χ3n) is 4.70. The lowest BCUT2D eigenvalue weighted by molar-refractivity contribution is 0.0696. The van der Waals surface area contributed by atoms with E-state index in [0.717, 1.165) is 42.9 Å². The van der Waals surface area contributed by atoms with Crippen molar-refractivity contribution in [2.45, 2.75) is 25.8 Å². The molecule has 5 heteroatoms. The van der Waals surface area contributed by atoms with Crippen molar-refractivity contribution < 1.29 is 9.90 Å². The highest BCUT2D eigenvalue weighted by molar-refractivity contribution is 5.90. The standard InChI is InChI=1S/C20H21N3O2/c1-14-6-7-17(12-18(14)20(24)25)22-16-8-10-23(11-9-16)19-5-3-2-4-15(19)13-21/h2-7,12,16,22H,8-11H2,1H3,(H,24,25). The van der Waals surface area contributed by atoms with Gasteiger partial charge in [0.1, 0.15) is 6.07 Å². The molecule has 0 bridgehead atoms. The molecule has 1 heterocycles.